The number of esters is 1. The standard InChI is InChI=1S/C68H131N2O7P/c1-7-10-13-16-19-22-25-28-29-30-31-32-33-34-35-36-37-38-39-40-41-43-45-48-51-54-57-60-67(71)69-65(64-76-78(73,74)75-63-62-70(4,5)6)66(59-56-53-50-47-44-27-24-21-18-15-12-9-3)77-68(72)61-58-55-52-49-46-42-26-23-20-17-14-11-8-2/h28-29,42,46,56,59,65-66H,7-27,30-41,43-45,47-55,57-58,60-64H2,1-6H3,(H-,69,71,73,74)/b29-28+,46-42-,59-56-. The van der Waals surface area contributed by atoms with Crippen LogP contribution in [0.1, 0.15) is 335 Å². The number of hydrogen-bond acceptors (Lipinski definition) is 7. The predicted octanol–water partition coefficient (Wildman–Crippen LogP) is 20.4. The normalized spacial score (nSPS) is 13.8. The SMILES string of the molecule is CCCCCCCC/C=C\CCCCCC(=O)OC(/C=C\CCCCCCCCCCCC)C(COP(=O)([O-])OCC[N+](C)(C)C)NC(=O)CCCCCCCCCCCCCCCCCCC/C=C/CCCCCCCC. The number of allylic oxidation sites excluding steroid dienone is 5. The number of likely N-dealkylation sites (N-methyl/N-ethyl adjacent to an activating group) is 1. The molecule has 0 aliphatic carbocycles. The highest BCUT2D eigenvalue weighted by molar-refractivity contribution is 7.45. The third-order valence-electron chi connectivity index (χ3n) is 15.3. The Kier molecular flexibility index (Phi) is 57.1. The van der Waals surface area contributed by atoms with E-state index in [1.165, 1.54) is 231 Å². The summed E-state index contributed by atoms with van der Waals surface area (Å²) >= 11 is 0. The van der Waals surface area contributed by atoms with E-state index >= 15 is 0 Å². The van der Waals surface area contributed by atoms with Crippen LogP contribution in [0.2, 0.25) is 0 Å². The van der Waals surface area contributed by atoms with Crippen molar-refractivity contribution in [2.45, 2.75) is 348 Å². The largest absolute Gasteiger partial charge is 0.756 e. The molecule has 0 radical (unpaired) electrons. The quantitative estimate of drug-likeness (QED) is 0.0212. The van der Waals surface area contributed by atoms with E-state index in [0.29, 0.717) is 23.9 Å². The summed E-state index contributed by atoms with van der Waals surface area (Å²) < 4.78 is 30.3. The molecule has 0 saturated carbocycles. The molecular weight excluding hydrogens is 988 g/mol. The van der Waals surface area contributed by atoms with Crippen LogP contribution >= 0.6 is 7.82 Å². The van der Waals surface area contributed by atoms with Gasteiger partial charge in [0, 0.05) is 12.8 Å². The highest BCUT2D eigenvalue weighted by Gasteiger charge is 2.27. The highest BCUT2D eigenvalue weighted by atomic mass is 31.2. The predicted molar refractivity (Wildman–Crippen MR) is 335 cm³/mol. The Morgan fingerprint density at radius 3 is 1.10 bits per heavy atom. The molecule has 0 aromatic carbocycles. The van der Waals surface area contributed by atoms with Gasteiger partial charge in [-0.1, -0.05) is 276 Å². The lowest BCUT2D eigenvalue weighted by molar-refractivity contribution is -0.870. The summed E-state index contributed by atoms with van der Waals surface area (Å²) in [5.41, 5.74) is 0. The molecule has 0 rings (SSSR count). The first-order valence-corrected chi connectivity index (χ1v) is 35.3. The maximum absolute atomic E-state index is 13.6. The van der Waals surface area contributed by atoms with Crippen molar-refractivity contribution in [1.82, 2.24) is 5.32 Å². The fourth-order valence-electron chi connectivity index (χ4n) is 10.0. The van der Waals surface area contributed by atoms with Gasteiger partial charge < -0.3 is 28.5 Å². The van der Waals surface area contributed by atoms with Crippen LogP contribution < -0.4 is 10.2 Å². The number of unbranched alkanes of at least 4 members (excludes halogenated alkanes) is 42. The highest BCUT2D eigenvalue weighted by Crippen LogP contribution is 2.38. The van der Waals surface area contributed by atoms with E-state index in [2.05, 4.69) is 50.4 Å². The molecular formula is C68H131N2O7P. The number of nitrogens with one attached hydrogen (secondary N) is 1. The maximum Gasteiger partial charge on any atom is 0.306 e. The second-order valence-electron chi connectivity index (χ2n) is 24.3. The van der Waals surface area contributed by atoms with Crippen molar-refractivity contribution in [1.29, 1.82) is 0 Å². The summed E-state index contributed by atoms with van der Waals surface area (Å²) in [5.74, 6) is -0.545. The van der Waals surface area contributed by atoms with Crippen molar-refractivity contribution in [2.75, 3.05) is 40.9 Å². The zero-order valence-corrected chi connectivity index (χ0v) is 53.5. The summed E-state index contributed by atoms with van der Waals surface area (Å²) in [4.78, 5) is 40.0. The van der Waals surface area contributed by atoms with E-state index in [9.17, 15) is 19.0 Å². The van der Waals surface area contributed by atoms with Crippen LogP contribution in [0.5, 0.6) is 0 Å². The molecule has 0 heterocycles. The monoisotopic (exact) mass is 1120 g/mol. The van der Waals surface area contributed by atoms with Crippen molar-refractivity contribution in [3.8, 4) is 0 Å². The van der Waals surface area contributed by atoms with Gasteiger partial charge in [-0.25, -0.2) is 0 Å². The number of carbonyl (C=O) groups is 2. The van der Waals surface area contributed by atoms with E-state index in [1.807, 2.05) is 33.3 Å². The number of carbonyl (C=O) groups excluding carboxylic acids is 2. The van der Waals surface area contributed by atoms with Crippen LogP contribution in [-0.2, 0) is 27.9 Å². The fourth-order valence-corrected chi connectivity index (χ4v) is 10.8. The zero-order chi connectivity index (χ0) is 57.2. The molecule has 0 aliphatic heterocycles. The Hall–Kier alpha value is -1.77. The van der Waals surface area contributed by atoms with Gasteiger partial charge in [-0.2, -0.15) is 0 Å². The Labute approximate surface area is 485 Å². The third-order valence-corrected chi connectivity index (χ3v) is 16.3. The molecule has 0 saturated heterocycles. The topological polar surface area (TPSA) is 114 Å². The molecule has 10 heteroatoms. The molecule has 0 bridgehead atoms. The average Bonchev–Trinajstić information content (AvgIpc) is 3.40. The molecule has 1 N–H and O–H groups in total. The first kappa shape index (κ1) is 76.2. The number of amides is 1. The second kappa shape index (κ2) is 58.4. The number of rotatable bonds is 62. The first-order chi connectivity index (χ1) is 37.9. The molecule has 1 amide bonds. The second-order valence-corrected chi connectivity index (χ2v) is 25.7. The number of nitrogens with zero attached hydrogens (tertiary/aromatic N) is 1. The van der Waals surface area contributed by atoms with Gasteiger partial charge in [0.2, 0.25) is 5.91 Å². The molecule has 0 spiro atoms. The molecule has 0 fully saturated rings. The minimum Gasteiger partial charge on any atom is -0.756 e. The van der Waals surface area contributed by atoms with Crippen LogP contribution in [0.15, 0.2) is 36.5 Å². The molecule has 9 nitrogen and oxygen atoms in total. The molecule has 0 aromatic heterocycles. The van der Waals surface area contributed by atoms with Gasteiger partial charge >= 0.3 is 5.97 Å². The molecule has 0 aliphatic rings. The molecule has 3 atom stereocenters. The number of hydrogen-bond donors (Lipinski definition) is 1. The first-order valence-electron chi connectivity index (χ1n) is 33.8. The number of quaternary nitrogens is 1. The molecule has 3 unspecified atom stereocenters. The Bertz CT molecular complexity index is 1430. The minimum absolute atomic E-state index is 0.0220. The fraction of sp³-hybridized carbons (Fsp3) is 0.882. The smallest absolute Gasteiger partial charge is 0.306 e. The minimum atomic E-state index is -4.70. The van der Waals surface area contributed by atoms with Crippen molar-refractivity contribution in [3.63, 3.8) is 0 Å². The maximum atomic E-state index is 13.6. The third kappa shape index (κ3) is 58.9. The van der Waals surface area contributed by atoms with Crippen LogP contribution in [-0.4, -0.2) is 69.4 Å². The van der Waals surface area contributed by atoms with E-state index in [4.69, 9.17) is 13.8 Å². The van der Waals surface area contributed by atoms with Gasteiger partial charge in [0.1, 0.15) is 19.3 Å². The van der Waals surface area contributed by atoms with Gasteiger partial charge in [0.25, 0.3) is 7.82 Å². The van der Waals surface area contributed by atoms with Gasteiger partial charge in [-0.3, -0.25) is 14.2 Å². The van der Waals surface area contributed by atoms with Gasteiger partial charge in [-0.05, 0) is 83.1 Å². The van der Waals surface area contributed by atoms with Crippen molar-refractivity contribution in [3.05, 3.63) is 36.5 Å². The zero-order valence-electron chi connectivity index (χ0n) is 52.6. The van der Waals surface area contributed by atoms with E-state index in [1.54, 1.807) is 0 Å². The van der Waals surface area contributed by atoms with Crippen molar-refractivity contribution < 1.29 is 37.3 Å². The van der Waals surface area contributed by atoms with Crippen molar-refractivity contribution >= 4 is 19.7 Å². The van der Waals surface area contributed by atoms with Crippen LogP contribution in [0.4, 0.5) is 0 Å². The number of phosphoric acid groups is 1. The van der Waals surface area contributed by atoms with Gasteiger partial charge in [-0.15, -0.1) is 0 Å². The summed E-state index contributed by atoms with van der Waals surface area (Å²) in [7, 11) is 1.19. The molecule has 0 aromatic rings. The summed E-state index contributed by atoms with van der Waals surface area (Å²) in [5, 5.41) is 3.04. The molecule has 78 heavy (non-hydrogen) atoms. The van der Waals surface area contributed by atoms with Crippen LogP contribution in [0, 0.1) is 0 Å². The lowest BCUT2D eigenvalue weighted by Crippen LogP contribution is -2.47. The van der Waals surface area contributed by atoms with Crippen LogP contribution in [0.3, 0.4) is 0 Å². The Morgan fingerprint density at radius 1 is 0.436 bits per heavy atom. The van der Waals surface area contributed by atoms with E-state index in [0.717, 1.165) is 64.2 Å². The Morgan fingerprint density at radius 2 is 0.744 bits per heavy atom. The molecule has 460 valence electrons. The Balaban J connectivity index is 4.97. The lowest BCUT2D eigenvalue weighted by Gasteiger charge is -2.30. The van der Waals surface area contributed by atoms with Crippen molar-refractivity contribution in [2.24, 2.45) is 0 Å². The van der Waals surface area contributed by atoms with Gasteiger partial charge in [0.05, 0.1) is 33.8 Å². The van der Waals surface area contributed by atoms with Crippen LogP contribution in [0.25, 0.3) is 0 Å². The average molecular weight is 1120 g/mol. The number of phosphoric ester groups is 1. The summed E-state index contributed by atoms with van der Waals surface area (Å²) in [6.45, 7) is 6.86. The van der Waals surface area contributed by atoms with E-state index in [-0.39, 0.29) is 31.5 Å². The summed E-state index contributed by atoms with van der Waals surface area (Å²) in [6, 6.07) is -0.890. The van der Waals surface area contributed by atoms with Gasteiger partial charge in [0.15, 0.2) is 0 Å². The van der Waals surface area contributed by atoms with E-state index < -0.39 is 20.0 Å². The number of ether oxygens (including phenoxy) is 1. The summed E-state index contributed by atoms with van der Waals surface area (Å²) in [6.07, 6.45) is 71.3. The lowest BCUT2D eigenvalue weighted by atomic mass is 10.0.